The van der Waals surface area contributed by atoms with Crippen molar-refractivity contribution in [2.45, 2.75) is 37.1 Å². The van der Waals surface area contributed by atoms with E-state index in [-0.39, 0.29) is 0 Å². The lowest BCUT2D eigenvalue weighted by molar-refractivity contribution is 0.148. The van der Waals surface area contributed by atoms with Gasteiger partial charge in [0, 0.05) is 32.3 Å². The molecule has 7 heteroatoms. The van der Waals surface area contributed by atoms with Gasteiger partial charge in [-0.15, -0.1) is 11.3 Å². The van der Waals surface area contributed by atoms with E-state index in [0.717, 1.165) is 12.0 Å². The van der Waals surface area contributed by atoms with E-state index in [4.69, 9.17) is 4.74 Å². The summed E-state index contributed by atoms with van der Waals surface area (Å²) in [4.78, 5) is 0. The van der Waals surface area contributed by atoms with Gasteiger partial charge in [0.15, 0.2) is 0 Å². The largest absolute Gasteiger partial charge is 0.380 e. The molecule has 0 radical (unpaired) electrons. The molecule has 2 heterocycles. The Kier molecular flexibility index (Phi) is 5.57. The highest BCUT2D eigenvalue weighted by molar-refractivity contribution is 7.91. The normalized spacial score (nSPS) is 18.4. The highest BCUT2D eigenvalue weighted by atomic mass is 32.2. The number of nitrogens with one attached hydrogen (secondary N) is 1. The van der Waals surface area contributed by atoms with Crippen LogP contribution in [0, 0.1) is 0 Å². The van der Waals surface area contributed by atoms with Crippen LogP contribution >= 0.6 is 11.3 Å². The van der Waals surface area contributed by atoms with Crippen LogP contribution in [0.1, 0.15) is 25.8 Å². The van der Waals surface area contributed by atoms with Gasteiger partial charge in [-0.3, -0.25) is 0 Å². The summed E-state index contributed by atoms with van der Waals surface area (Å²) >= 11 is 1.30. The van der Waals surface area contributed by atoms with Crippen molar-refractivity contribution in [3.05, 3.63) is 17.0 Å². The maximum Gasteiger partial charge on any atom is 0.252 e. The minimum absolute atomic E-state index is 0.387. The van der Waals surface area contributed by atoms with Crippen LogP contribution in [0.25, 0.3) is 0 Å². The topological polar surface area (TPSA) is 58.6 Å². The number of nitrogens with zero attached hydrogens (tertiary/aromatic N) is 1. The molecule has 1 aromatic heterocycles. The van der Waals surface area contributed by atoms with Gasteiger partial charge in [-0.2, -0.15) is 4.31 Å². The fourth-order valence-electron chi connectivity index (χ4n) is 1.99. The zero-order chi connectivity index (χ0) is 14.6. The van der Waals surface area contributed by atoms with Gasteiger partial charge in [0.2, 0.25) is 0 Å². The maximum atomic E-state index is 12.6. The van der Waals surface area contributed by atoms with Crippen molar-refractivity contribution in [1.29, 1.82) is 0 Å². The molecule has 0 spiro atoms. The first kappa shape index (κ1) is 15.9. The van der Waals surface area contributed by atoms with E-state index in [9.17, 15) is 8.42 Å². The van der Waals surface area contributed by atoms with Crippen molar-refractivity contribution in [1.82, 2.24) is 9.62 Å². The van der Waals surface area contributed by atoms with Crippen LogP contribution in [-0.4, -0.2) is 45.1 Å². The van der Waals surface area contributed by atoms with Crippen LogP contribution in [0.15, 0.2) is 15.7 Å². The Morgan fingerprint density at radius 2 is 2.20 bits per heavy atom. The lowest BCUT2D eigenvalue weighted by Gasteiger charge is -2.17. The smallest absolute Gasteiger partial charge is 0.252 e. The first-order valence-electron chi connectivity index (χ1n) is 6.89. The van der Waals surface area contributed by atoms with Gasteiger partial charge in [0.25, 0.3) is 10.0 Å². The molecule has 5 nitrogen and oxygen atoms in total. The molecule has 1 aliphatic heterocycles. The van der Waals surface area contributed by atoms with Gasteiger partial charge in [0.05, 0.1) is 6.61 Å². The van der Waals surface area contributed by atoms with E-state index in [2.05, 4.69) is 19.2 Å². The third-order valence-electron chi connectivity index (χ3n) is 3.12. The van der Waals surface area contributed by atoms with Gasteiger partial charge < -0.3 is 10.1 Å². The zero-order valence-corrected chi connectivity index (χ0v) is 13.6. The molecule has 1 aromatic rings. The van der Waals surface area contributed by atoms with E-state index >= 15 is 0 Å². The van der Waals surface area contributed by atoms with Crippen LogP contribution < -0.4 is 5.32 Å². The maximum absolute atomic E-state index is 12.6. The molecule has 114 valence electrons. The van der Waals surface area contributed by atoms with Crippen molar-refractivity contribution in [2.24, 2.45) is 0 Å². The number of thiophene rings is 1. The van der Waals surface area contributed by atoms with Crippen LogP contribution in [0.4, 0.5) is 0 Å². The third-order valence-corrected chi connectivity index (χ3v) is 6.48. The van der Waals surface area contributed by atoms with Crippen molar-refractivity contribution in [2.75, 3.05) is 26.3 Å². The molecule has 0 amide bonds. The lowest BCUT2D eigenvalue weighted by atomic mass is 10.3. The highest BCUT2D eigenvalue weighted by Crippen LogP contribution is 2.24. The van der Waals surface area contributed by atoms with Crippen LogP contribution in [0.5, 0.6) is 0 Å². The van der Waals surface area contributed by atoms with Gasteiger partial charge in [-0.05, 0) is 23.4 Å². The van der Waals surface area contributed by atoms with Crippen LogP contribution in [0.2, 0.25) is 0 Å². The molecular weight excluding hydrogens is 296 g/mol. The quantitative estimate of drug-likeness (QED) is 0.897. The average molecular weight is 318 g/mol. The Morgan fingerprint density at radius 3 is 2.95 bits per heavy atom. The molecule has 1 fully saturated rings. The fourth-order valence-corrected chi connectivity index (χ4v) is 4.82. The number of hydrogen-bond acceptors (Lipinski definition) is 5. The number of rotatable bonds is 5. The fraction of sp³-hybridized carbons (Fsp3) is 0.692. The summed E-state index contributed by atoms with van der Waals surface area (Å²) in [5.74, 6) is 0. The molecule has 0 aromatic carbocycles. The van der Waals surface area contributed by atoms with Gasteiger partial charge in [-0.1, -0.05) is 13.8 Å². The molecule has 0 atom stereocenters. The van der Waals surface area contributed by atoms with E-state index in [0.29, 0.717) is 43.1 Å². The molecule has 0 saturated carbocycles. The zero-order valence-electron chi connectivity index (χ0n) is 12.0. The Balaban J connectivity index is 2.08. The predicted octanol–water partition coefficient (Wildman–Crippen LogP) is 1.66. The van der Waals surface area contributed by atoms with Crippen LogP contribution in [-0.2, 0) is 21.3 Å². The molecule has 1 N–H and O–H groups in total. The van der Waals surface area contributed by atoms with Gasteiger partial charge >= 0.3 is 0 Å². The lowest BCUT2D eigenvalue weighted by Crippen LogP contribution is -2.32. The Morgan fingerprint density at radius 1 is 1.40 bits per heavy atom. The standard InChI is InChI=1S/C13H22N2O3S2/c1-11(2)14-9-12-8-13(19-10-12)20(16,17)15-4-3-6-18-7-5-15/h8,10-11,14H,3-7,9H2,1-2H3. The minimum Gasteiger partial charge on any atom is -0.380 e. The second-order valence-corrected chi connectivity index (χ2v) is 8.26. The van der Waals surface area contributed by atoms with Crippen molar-refractivity contribution in [3.63, 3.8) is 0 Å². The molecule has 1 aliphatic rings. The Hall–Kier alpha value is -0.470. The molecule has 20 heavy (non-hydrogen) atoms. The molecule has 0 aliphatic carbocycles. The Bertz CT molecular complexity index is 517. The van der Waals surface area contributed by atoms with E-state index in [1.165, 1.54) is 15.6 Å². The monoisotopic (exact) mass is 318 g/mol. The first-order valence-corrected chi connectivity index (χ1v) is 9.21. The second kappa shape index (κ2) is 7.00. The van der Waals surface area contributed by atoms with Crippen molar-refractivity contribution < 1.29 is 13.2 Å². The Labute approximate surface area is 125 Å². The molecule has 2 rings (SSSR count). The molecule has 0 unspecified atom stereocenters. The summed E-state index contributed by atoms with van der Waals surface area (Å²) in [6, 6.07) is 2.17. The number of sulfonamides is 1. The first-order chi connectivity index (χ1) is 9.50. The highest BCUT2D eigenvalue weighted by Gasteiger charge is 2.26. The summed E-state index contributed by atoms with van der Waals surface area (Å²) in [5.41, 5.74) is 1.02. The summed E-state index contributed by atoms with van der Waals surface area (Å²) in [6.07, 6.45) is 0.756. The SMILES string of the molecule is CC(C)NCc1csc(S(=O)(=O)N2CCCOCC2)c1. The number of ether oxygens (including phenoxy) is 1. The van der Waals surface area contributed by atoms with E-state index < -0.39 is 10.0 Å². The molecule has 1 saturated heterocycles. The summed E-state index contributed by atoms with van der Waals surface area (Å²) in [7, 11) is -3.36. The van der Waals surface area contributed by atoms with Crippen molar-refractivity contribution in [3.8, 4) is 0 Å². The van der Waals surface area contributed by atoms with E-state index in [1.807, 2.05) is 5.38 Å². The number of hydrogen-bond donors (Lipinski definition) is 1. The predicted molar refractivity (Wildman–Crippen MR) is 80.5 cm³/mol. The molecular formula is C13H22N2O3S2. The summed E-state index contributed by atoms with van der Waals surface area (Å²) in [6.45, 7) is 6.95. The van der Waals surface area contributed by atoms with E-state index in [1.54, 1.807) is 6.07 Å². The average Bonchev–Trinajstić information content (AvgIpc) is 2.70. The third kappa shape index (κ3) is 4.02. The van der Waals surface area contributed by atoms with Gasteiger partial charge in [-0.25, -0.2) is 8.42 Å². The second-order valence-electron chi connectivity index (χ2n) is 5.18. The molecule has 0 bridgehead atoms. The van der Waals surface area contributed by atoms with Crippen LogP contribution in [0.3, 0.4) is 0 Å². The summed E-state index contributed by atoms with van der Waals surface area (Å²) in [5, 5.41) is 5.21. The van der Waals surface area contributed by atoms with Gasteiger partial charge in [0.1, 0.15) is 4.21 Å². The van der Waals surface area contributed by atoms with Crippen molar-refractivity contribution >= 4 is 21.4 Å². The minimum atomic E-state index is -3.36. The summed E-state index contributed by atoms with van der Waals surface area (Å²) < 4.78 is 32.4.